The summed E-state index contributed by atoms with van der Waals surface area (Å²) in [5, 5.41) is 14.7. The van der Waals surface area contributed by atoms with Crippen molar-refractivity contribution in [3.8, 4) is 0 Å². The third-order valence-corrected chi connectivity index (χ3v) is 4.20. The van der Waals surface area contributed by atoms with Gasteiger partial charge in [0.25, 0.3) is 0 Å². The van der Waals surface area contributed by atoms with E-state index in [9.17, 15) is 9.59 Å². The van der Waals surface area contributed by atoms with Crippen molar-refractivity contribution in [1.82, 2.24) is 10.6 Å². The van der Waals surface area contributed by atoms with Crippen molar-refractivity contribution in [1.29, 1.82) is 0 Å². The third-order valence-electron chi connectivity index (χ3n) is 4.20. The number of methoxy groups -OCH3 is 1. The van der Waals surface area contributed by atoms with E-state index in [1.54, 1.807) is 7.11 Å². The van der Waals surface area contributed by atoms with Crippen LogP contribution in [0.25, 0.3) is 0 Å². The summed E-state index contributed by atoms with van der Waals surface area (Å²) in [5.74, 6) is -0.994. The minimum atomic E-state index is -0.732. The molecule has 0 aliphatic heterocycles. The van der Waals surface area contributed by atoms with Crippen molar-refractivity contribution in [2.75, 3.05) is 7.11 Å². The number of ether oxygens (including phenoxy) is 1. The number of nitrogens with one attached hydrogen (secondary N) is 2. The molecule has 1 aliphatic rings. The number of hydrogen-bond acceptors (Lipinski definition) is 3. The van der Waals surface area contributed by atoms with Crippen LogP contribution < -0.4 is 10.6 Å². The normalized spacial score (nSPS) is 20.7. The summed E-state index contributed by atoms with van der Waals surface area (Å²) in [4.78, 5) is 22.8. The van der Waals surface area contributed by atoms with Crippen molar-refractivity contribution in [3.63, 3.8) is 0 Å². The first-order valence-corrected chi connectivity index (χ1v) is 7.92. The summed E-state index contributed by atoms with van der Waals surface area (Å²) in [7, 11) is 1.66. The van der Waals surface area contributed by atoms with Gasteiger partial charge in [-0.1, -0.05) is 24.3 Å². The number of benzene rings is 1. The first kappa shape index (κ1) is 17.3. The fourth-order valence-corrected chi connectivity index (χ4v) is 2.82. The number of aliphatic carboxylic acids is 1. The predicted octanol–water partition coefficient (Wildman–Crippen LogP) is 2.28. The SMILES string of the molecule is COCc1ccc(CNC(=O)NC2CCC(C(=O)O)CC2)cc1. The molecule has 1 aromatic carbocycles. The second-order valence-electron chi connectivity index (χ2n) is 5.96. The molecule has 0 heterocycles. The molecule has 23 heavy (non-hydrogen) atoms. The molecule has 126 valence electrons. The molecule has 0 saturated heterocycles. The zero-order valence-corrected chi connectivity index (χ0v) is 13.4. The van der Waals surface area contributed by atoms with Crippen LogP contribution in [0, 0.1) is 5.92 Å². The van der Waals surface area contributed by atoms with Crippen molar-refractivity contribution < 1.29 is 19.4 Å². The van der Waals surface area contributed by atoms with Gasteiger partial charge < -0.3 is 20.5 Å². The molecule has 0 bridgehead atoms. The van der Waals surface area contributed by atoms with Crippen LogP contribution in [0.2, 0.25) is 0 Å². The number of carboxylic acids is 1. The molecule has 1 aromatic rings. The maximum absolute atomic E-state index is 11.9. The van der Waals surface area contributed by atoms with Gasteiger partial charge in [-0.3, -0.25) is 4.79 Å². The average molecular weight is 320 g/mol. The lowest BCUT2D eigenvalue weighted by atomic mass is 9.86. The molecule has 0 aromatic heterocycles. The van der Waals surface area contributed by atoms with Crippen molar-refractivity contribution in [3.05, 3.63) is 35.4 Å². The third kappa shape index (κ3) is 5.56. The quantitative estimate of drug-likeness (QED) is 0.750. The second-order valence-corrected chi connectivity index (χ2v) is 5.96. The highest BCUT2D eigenvalue weighted by Gasteiger charge is 2.26. The molecule has 0 unspecified atom stereocenters. The van der Waals surface area contributed by atoms with Crippen LogP contribution in [-0.2, 0) is 22.7 Å². The predicted molar refractivity (Wildman–Crippen MR) is 85.9 cm³/mol. The van der Waals surface area contributed by atoms with E-state index >= 15 is 0 Å². The molecule has 2 rings (SSSR count). The monoisotopic (exact) mass is 320 g/mol. The molecular weight excluding hydrogens is 296 g/mol. The zero-order chi connectivity index (χ0) is 16.7. The fraction of sp³-hybridized carbons (Fsp3) is 0.529. The maximum atomic E-state index is 11.9. The van der Waals surface area contributed by atoms with Crippen LogP contribution in [0.15, 0.2) is 24.3 Å². The first-order valence-electron chi connectivity index (χ1n) is 7.92. The van der Waals surface area contributed by atoms with Gasteiger partial charge in [-0.25, -0.2) is 4.79 Å². The van der Waals surface area contributed by atoms with E-state index in [2.05, 4.69) is 10.6 Å². The largest absolute Gasteiger partial charge is 0.481 e. The van der Waals surface area contributed by atoms with Crippen LogP contribution in [-0.4, -0.2) is 30.3 Å². The molecule has 2 amide bonds. The Morgan fingerprint density at radius 1 is 1.13 bits per heavy atom. The highest BCUT2D eigenvalue weighted by molar-refractivity contribution is 5.74. The summed E-state index contributed by atoms with van der Waals surface area (Å²) in [6.45, 7) is 1.04. The summed E-state index contributed by atoms with van der Waals surface area (Å²) < 4.78 is 5.06. The Labute approximate surface area is 136 Å². The van der Waals surface area contributed by atoms with Gasteiger partial charge >= 0.3 is 12.0 Å². The Balaban J connectivity index is 1.70. The Morgan fingerprint density at radius 3 is 2.30 bits per heavy atom. The molecule has 1 fully saturated rings. The van der Waals surface area contributed by atoms with E-state index in [4.69, 9.17) is 9.84 Å². The van der Waals surface area contributed by atoms with E-state index in [0.717, 1.165) is 24.0 Å². The molecule has 0 radical (unpaired) electrons. The summed E-state index contributed by atoms with van der Waals surface area (Å²) in [5.41, 5.74) is 2.12. The fourth-order valence-electron chi connectivity index (χ4n) is 2.82. The van der Waals surface area contributed by atoms with Crippen molar-refractivity contribution in [2.45, 2.75) is 44.9 Å². The number of amides is 2. The minimum Gasteiger partial charge on any atom is -0.481 e. The van der Waals surface area contributed by atoms with E-state index in [1.165, 1.54) is 0 Å². The maximum Gasteiger partial charge on any atom is 0.315 e. The lowest BCUT2D eigenvalue weighted by molar-refractivity contribution is -0.142. The number of urea groups is 1. The van der Waals surface area contributed by atoms with Crippen LogP contribution in [0.5, 0.6) is 0 Å². The number of carbonyl (C=O) groups is 2. The van der Waals surface area contributed by atoms with Crippen LogP contribution in [0.3, 0.4) is 0 Å². The smallest absolute Gasteiger partial charge is 0.315 e. The Hall–Kier alpha value is -2.08. The van der Waals surface area contributed by atoms with Crippen molar-refractivity contribution >= 4 is 12.0 Å². The summed E-state index contributed by atoms with van der Waals surface area (Å²) >= 11 is 0. The number of rotatable bonds is 6. The van der Waals surface area contributed by atoms with Gasteiger partial charge in [0.15, 0.2) is 0 Å². The zero-order valence-electron chi connectivity index (χ0n) is 13.4. The van der Waals surface area contributed by atoms with Gasteiger partial charge in [0.1, 0.15) is 0 Å². The standard InChI is InChI=1S/C17H24N2O4/c1-23-11-13-4-2-12(3-5-13)10-18-17(22)19-15-8-6-14(7-9-15)16(20)21/h2-5,14-15H,6-11H2,1H3,(H,20,21)(H2,18,19,22). The lowest BCUT2D eigenvalue weighted by Gasteiger charge is -2.26. The van der Waals surface area contributed by atoms with E-state index in [-0.39, 0.29) is 18.0 Å². The molecule has 3 N–H and O–H groups in total. The minimum absolute atomic E-state index is 0.0645. The molecule has 1 saturated carbocycles. The molecule has 0 spiro atoms. The molecule has 6 heteroatoms. The Bertz CT molecular complexity index is 522. The highest BCUT2D eigenvalue weighted by Crippen LogP contribution is 2.24. The molecule has 1 aliphatic carbocycles. The topological polar surface area (TPSA) is 87.7 Å². The van der Waals surface area contributed by atoms with Crippen molar-refractivity contribution in [2.24, 2.45) is 5.92 Å². The highest BCUT2D eigenvalue weighted by atomic mass is 16.5. The average Bonchev–Trinajstić information content (AvgIpc) is 2.55. The number of carbonyl (C=O) groups excluding carboxylic acids is 1. The summed E-state index contributed by atoms with van der Waals surface area (Å²) in [6, 6.07) is 7.75. The molecular formula is C17H24N2O4. The molecule has 0 atom stereocenters. The van der Waals surface area contributed by atoms with E-state index in [1.807, 2.05) is 24.3 Å². The first-order chi connectivity index (χ1) is 11.1. The van der Waals surface area contributed by atoms with Gasteiger partial charge in [-0.2, -0.15) is 0 Å². The van der Waals surface area contributed by atoms with Crippen LogP contribution in [0.1, 0.15) is 36.8 Å². The van der Waals surface area contributed by atoms with Gasteiger partial charge in [0, 0.05) is 19.7 Å². The van der Waals surface area contributed by atoms with Gasteiger partial charge in [-0.05, 0) is 36.8 Å². The Kier molecular flexibility index (Phi) is 6.40. The Morgan fingerprint density at radius 2 is 1.74 bits per heavy atom. The number of hydrogen-bond donors (Lipinski definition) is 3. The molecule has 6 nitrogen and oxygen atoms in total. The lowest BCUT2D eigenvalue weighted by Crippen LogP contribution is -2.43. The number of carboxylic acid groups (broad SMARTS) is 1. The summed E-state index contributed by atoms with van der Waals surface area (Å²) in [6.07, 6.45) is 2.69. The van der Waals surface area contributed by atoms with Gasteiger partial charge in [0.2, 0.25) is 0 Å². The second kappa shape index (κ2) is 8.53. The van der Waals surface area contributed by atoms with Crippen LogP contribution >= 0.6 is 0 Å². The van der Waals surface area contributed by atoms with Gasteiger partial charge in [-0.15, -0.1) is 0 Å². The van der Waals surface area contributed by atoms with E-state index in [0.29, 0.717) is 26.0 Å². The van der Waals surface area contributed by atoms with Crippen LogP contribution in [0.4, 0.5) is 4.79 Å². The van der Waals surface area contributed by atoms with Gasteiger partial charge in [0.05, 0.1) is 12.5 Å². The van der Waals surface area contributed by atoms with E-state index < -0.39 is 5.97 Å².